The van der Waals surface area contributed by atoms with Crippen LogP contribution in [-0.4, -0.2) is 18.5 Å². The van der Waals surface area contributed by atoms with E-state index in [1.165, 1.54) is 0 Å². The Hall–Kier alpha value is -2.04. The normalized spacial score (nSPS) is 11.0. The third-order valence-corrected chi connectivity index (χ3v) is 4.16. The predicted octanol–water partition coefficient (Wildman–Crippen LogP) is 5.94. The summed E-state index contributed by atoms with van der Waals surface area (Å²) < 4.78 is 16.6. The molecule has 1 aromatic carbocycles. The molecule has 0 aliphatic carbocycles. The molecule has 0 saturated heterocycles. The molecule has 158 valence electrons. The number of hydrogen-bond donors (Lipinski definition) is 0. The summed E-state index contributed by atoms with van der Waals surface area (Å²) in [6.45, 7) is 11.1. The van der Waals surface area contributed by atoms with Crippen LogP contribution in [0.3, 0.4) is 0 Å². The number of rotatable bonds is 13. The molecule has 0 N–H and O–H groups in total. The second-order valence-electron chi connectivity index (χ2n) is 7.98. The zero-order valence-electron chi connectivity index (χ0n) is 18.1. The lowest BCUT2D eigenvalue weighted by Gasteiger charge is -2.13. The van der Waals surface area contributed by atoms with E-state index in [0.717, 1.165) is 32.1 Å². The number of carbonyl (C=O) groups excluding carboxylic acids is 2. The molecule has 5 nitrogen and oxygen atoms in total. The first-order valence-electron chi connectivity index (χ1n) is 10.5. The Kier molecular flexibility index (Phi) is 11.3. The number of ether oxygens (including phenoxy) is 3. The number of hydrogen-bond acceptors (Lipinski definition) is 5. The Labute approximate surface area is 169 Å². The maximum Gasteiger partial charge on any atom is 0.311 e. The minimum atomic E-state index is -0.328. The van der Waals surface area contributed by atoms with E-state index < -0.39 is 0 Å². The maximum absolute atomic E-state index is 12.2. The standard InChI is InChI=1S/C23H36O5/c1-6-15-26-19-13-14-20(27-22(24)11-7-9-17(2)3)21(16-19)28-23(25)12-8-10-18(4)5/h13-14,16-18H,6-12,15H2,1-5H3. The van der Waals surface area contributed by atoms with Gasteiger partial charge < -0.3 is 14.2 Å². The monoisotopic (exact) mass is 392 g/mol. The molecule has 0 spiro atoms. The largest absolute Gasteiger partial charge is 0.493 e. The Morgan fingerprint density at radius 1 is 0.857 bits per heavy atom. The van der Waals surface area contributed by atoms with Gasteiger partial charge >= 0.3 is 11.9 Å². The first-order valence-corrected chi connectivity index (χ1v) is 10.5. The van der Waals surface area contributed by atoms with Gasteiger partial charge in [-0.15, -0.1) is 0 Å². The van der Waals surface area contributed by atoms with E-state index in [9.17, 15) is 9.59 Å². The van der Waals surface area contributed by atoms with Gasteiger partial charge in [-0.05, 0) is 43.2 Å². The van der Waals surface area contributed by atoms with Crippen molar-refractivity contribution < 1.29 is 23.8 Å². The van der Waals surface area contributed by atoms with Crippen LogP contribution in [0.15, 0.2) is 18.2 Å². The molecule has 1 rings (SSSR count). The van der Waals surface area contributed by atoms with Crippen LogP contribution in [0.4, 0.5) is 0 Å². The molecule has 0 aromatic heterocycles. The number of carbonyl (C=O) groups is 2. The first kappa shape index (κ1) is 24.0. The second kappa shape index (κ2) is 13.2. The van der Waals surface area contributed by atoms with Crippen LogP contribution in [0.2, 0.25) is 0 Å². The number of benzene rings is 1. The van der Waals surface area contributed by atoms with Crippen LogP contribution in [0, 0.1) is 11.8 Å². The molecule has 0 fully saturated rings. The fourth-order valence-electron chi connectivity index (χ4n) is 2.62. The fourth-order valence-corrected chi connectivity index (χ4v) is 2.62. The minimum absolute atomic E-state index is 0.236. The highest BCUT2D eigenvalue weighted by molar-refractivity contribution is 5.76. The molecule has 0 radical (unpaired) electrons. The van der Waals surface area contributed by atoms with E-state index in [1.54, 1.807) is 18.2 Å². The van der Waals surface area contributed by atoms with Crippen molar-refractivity contribution >= 4 is 11.9 Å². The average molecular weight is 393 g/mol. The molecule has 0 amide bonds. The van der Waals surface area contributed by atoms with Gasteiger partial charge in [-0.25, -0.2) is 0 Å². The lowest BCUT2D eigenvalue weighted by Crippen LogP contribution is -2.12. The summed E-state index contributed by atoms with van der Waals surface area (Å²) in [6, 6.07) is 4.97. The highest BCUT2D eigenvalue weighted by Gasteiger charge is 2.15. The SMILES string of the molecule is CCCOc1ccc(OC(=O)CCCC(C)C)c(OC(=O)CCCC(C)C)c1. The number of esters is 2. The average Bonchev–Trinajstić information content (AvgIpc) is 2.61. The van der Waals surface area contributed by atoms with Crippen molar-refractivity contribution in [2.24, 2.45) is 11.8 Å². The van der Waals surface area contributed by atoms with Crippen LogP contribution in [0.5, 0.6) is 17.2 Å². The van der Waals surface area contributed by atoms with E-state index in [0.29, 0.717) is 37.0 Å². The van der Waals surface area contributed by atoms with Crippen molar-refractivity contribution in [1.82, 2.24) is 0 Å². The predicted molar refractivity (Wildman–Crippen MR) is 111 cm³/mol. The molecular formula is C23H36O5. The summed E-state index contributed by atoms with van der Waals surface area (Å²) >= 11 is 0. The summed E-state index contributed by atoms with van der Waals surface area (Å²) in [5, 5.41) is 0. The summed E-state index contributed by atoms with van der Waals surface area (Å²) in [5.41, 5.74) is 0. The van der Waals surface area contributed by atoms with E-state index in [2.05, 4.69) is 27.7 Å². The third-order valence-electron chi connectivity index (χ3n) is 4.16. The zero-order valence-corrected chi connectivity index (χ0v) is 18.1. The highest BCUT2D eigenvalue weighted by atomic mass is 16.6. The van der Waals surface area contributed by atoms with Crippen LogP contribution in [-0.2, 0) is 9.59 Å². The molecule has 1 aromatic rings. The van der Waals surface area contributed by atoms with E-state index in [-0.39, 0.29) is 23.4 Å². The second-order valence-corrected chi connectivity index (χ2v) is 7.98. The van der Waals surface area contributed by atoms with E-state index in [4.69, 9.17) is 14.2 Å². The van der Waals surface area contributed by atoms with Crippen LogP contribution < -0.4 is 14.2 Å². The first-order chi connectivity index (χ1) is 13.3. The van der Waals surface area contributed by atoms with Crippen LogP contribution in [0.1, 0.15) is 79.6 Å². The quantitative estimate of drug-likeness (QED) is 0.307. The van der Waals surface area contributed by atoms with Crippen molar-refractivity contribution in [3.63, 3.8) is 0 Å². The van der Waals surface area contributed by atoms with Crippen molar-refractivity contribution in [2.75, 3.05) is 6.61 Å². The van der Waals surface area contributed by atoms with Gasteiger partial charge in [-0.1, -0.05) is 47.5 Å². The lowest BCUT2D eigenvalue weighted by atomic mass is 10.1. The summed E-state index contributed by atoms with van der Waals surface area (Å²) in [6.07, 6.45) is 5.03. The van der Waals surface area contributed by atoms with Crippen molar-refractivity contribution in [3.8, 4) is 17.2 Å². The van der Waals surface area contributed by atoms with Gasteiger partial charge in [0.15, 0.2) is 11.5 Å². The highest BCUT2D eigenvalue weighted by Crippen LogP contribution is 2.32. The van der Waals surface area contributed by atoms with Crippen molar-refractivity contribution in [1.29, 1.82) is 0 Å². The molecule has 0 unspecified atom stereocenters. The lowest BCUT2D eigenvalue weighted by molar-refractivity contribution is -0.137. The van der Waals surface area contributed by atoms with Gasteiger partial charge in [0.2, 0.25) is 0 Å². The molecule has 0 aliphatic heterocycles. The molecule has 28 heavy (non-hydrogen) atoms. The van der Waals surface area contributed by atoms with Gasteiger partial charge in [-0.3, -0.25) is 9.59 Å². The Morgan fingerprint density at radius 2 is 1.39 bits per heavy atom. The zero-order chi connectivity index (χ0) is 20.9. The van der Waals surface area contributed by atoms with E-state index >= 15 is 0 Å². The molecule has 0 aliphatic rings. The Morgan fingerprint density at radius 3 is 1.89 bits per heavy atom. The maximum atomic E-state index is 12.2. The summed E-state index contributed by atoms with van der Waals surface area (Å²) in [5.74, 6) is 1.53. The smallest absolute Gasteiger partial charge is 0.311 e. The summed E-state index contributed by atoms with van der Waals surface area (Å²) in [7, 11) is 0. The van der Waals surface area contributed by atoms with Crippen LogP contribution in [0.25, 0.3) is 0 Å². The van der Waals surface area contributed by atoms with Gasteiger partial charge in [0.05, 0.1) is 6.61 Å². The molecule has 0 bridgehead atoms. The van der Waals surface area contributed by atoms with Crippen molar-refractivity contribution in [2.45, 2.75) is 79.6 Å². The molecular weight excluding hydrogens is 356 g/mol. The van der Waals surface area contributed by atoms with Gasteiger partial charge in [0.25, 0.3) is 0 Å². The van der Waals surface area contributed by atoms with Gasteiger partial charge in [0.1, 0.15) is 5.75 Å². The third kappa shape index (κ3) is 10.3. The Bertz CT molecular complexity index is 607. The Balaban J connectivity index is 2.77. The molecule has 0 saturated carbocycles. The van der Waals surface area contributed by atoms with E-state index in [1.807, 2.05) is 6.92 Å². The molecule has 0 atom stereocenters. The summed E-state index contributed by atoms with van der Waals surface area (Å²) in [4.78, 5) is 24.3. The minimum Gasteiger partial charge on any atom is -0.493 e. The van der Waals surface area contributed by atoms with Gasteiger partial charge in [0, 0.05) is 18.9 Å². The molecule has 0 heterocycles. The van der Waals surface area contributed by atoms with Crippen LogP contribution >= 0.6 is 0 Å². The molecule has 5 heteroatoms. The topological polar surface area (TPSA) is 61.8 Å². The van der Waals surface area contributed by atoms with Crippen molar-refractivity contribution in [3.05, 3.63) is 18.2 Å². The van der Waals surface area contributed by atoms with Gasteiger partial charge in [-0.2, -0.15) is 0 Å². The fraction of sp³-hybridized carbons (Fsp3) is 0.652.